The molecular weight excluding hydrogens is 228 g/mol. The molecule has 0 amide bonds. The molecule has 1 atom stereocenters. The van der Waals surface area contributed by atoms with Gasteiger partial charge >= 0.3 is 0 Å². The van der Waals surface area contributed by atoms with Crippen LogP contribution >= 0.6 is 0 Å². The Morgan fingerprint density at radius 3 is 2.94 bits per heavy atom. The fourth-order valence-corrected chi connectivity index (χ4v) is 1.59. The number of aryl methyl sites for hydroxylation is 1. The van der Waals surface area contributed by atoms with Crippen molar-refractivity contribution in [2.24, 2.45) is 0 Å². The van der Waals surface area contributed by atoms with E-state index < -0.39 is 11.6 Å². The van der Waals surface area contributed by atoms with Crippen LogP contribution in [0, 0.1) is 18.6 Å². The van der Waals surface area contributed by atoms with E-state index in [1.165, 1.54) is 6.92 Å². The minimum Gasteiger partial charge on any atom is -0.486 e. The second-order valence-corrected chi connectivity index (χ2v) is 3.89. The quantitative estimate of drug-likeness (QED) is 0.879. The third-order valence-electron chi connectivity index (χ3n) is 2.45. The standard InChI is InChI=1S/C12H13F2NO2/c1-7-3-9(13)4-11(12(7)14)16-6-10-5-15-8(2)17-10/h3-4,10,15H,2,5-6H2,1H3. The summed E-state index contributed by atoms with van der Waals surface area (Å²) in [6.07, 6.45) is -0.231. The van der Waals surface area contributed by atoms with Crippen molar-refractivity contribution in [3.8, 4) is 5.75 Å². The molecule has 2 rings (SSSR count). The lowest BCUT2D eigenvalue weighted by Crippen LogP contribution is -2.22. The summed E-state index contributed by atoms with van der Waals surface area (Å²) in [5, 5.41) is 2.88. The van der Waals surface area contributed by atoms with Gasteiger partial charge in [-0.05, 0) is 25.1 Å². The van der Waals surface area contributed by atoms with Gasteiger partial charge in [0.05, 0.1) is 6.54 Å². The van der Waals surface area contributed by atoms with Gasteiger partial charge in [-0.1, -0.05) is 0 Å². The maximum absolute atomic E-state index is 13.6. The molecule has 1 heterocycles. The van der Waals surface area contributed by atoms with E-state index in [4.69, 9.17) is 9.47 Å². The smallest absolute Gasteiger partial charge is 0.179 e. The van der Waals surface area contributed by atoms with Gasteiger partial charge in [-0.15, -0.1) is 0 Å². The Bertz CT molecular complexity index is 448. The summed E-state index contributed by atoms with van der Waals surface area (Å²) in [6.45, 7) is 5.76. The van der Waals surface area contributed by atoms with Gasteiger partial charge in [0.25, 0.3) is 0 Å². The van der Waals surface area contributed by atoms with E-state index in [1.54, 1.807) is 0 Å². The predicted molar refractivity (Wildman–Crippen MR) is 58.6 cm³/mol. The number of hydrogen-bond acceptors (Lipinski definition) is 3. The Morgan fingerprint density at radius 2 is 2.29 bits per heavy atom. The largest absolute Gasteiger partial charge is 0.486 e. The summed E-state index contributed by atoms with van der Waals surface area (Å²) in [5.41, 5.74) is 0.217. The fourth-order valence-electron chi connectivity index (χ4n) is 1.59. The molecule has 1 unspecified atom stereocenters. The Balaban J connectivity index is 2.01. The second-order valence-electron chi connectivity index (χ2n) is 3.89. The molecule has 1 fully saturated rings. The van der Waals surface area contributed by atoms with E-state index in [1.807, 2.05) is 0 Å². The number of nitrogens with one attached hydrogen (secondary N) is 1. The minimum atomic E-state index is -0.545. The Labute approximate surface area is 98.0 Å². The Morgan fingerprint density at radius 1 is 1.53 bits per heavy atom. The molecule has 0 saturated carbocycles. The molecule has 0 spiro atoms. The SMILES string of the molecule is C=C1NCC(COc2cc(F)cc(C)c2F)O1. The van der Waals surface area contributed by atoms with Crippen LogP contribution in [0.25, 0.3) is 0 Å². The van der Waals surface area contributed by atoms with Crippen molar-refractivity contribution >= 4 is 0 Å². The third kappa shape index (κ3) is 2.67. The minimum absolute atomic E-state index is 0.0939. The van der Waals surface area contributed by atoms with Crippen LogP contribution in [-0.2, 0) is 4.74 Å². The van der Waals surface area contributed by atoms with Gasteiger partial charge in [0.2, 0.25) is 0 Å². The van der Waals surface area contributed by atoms with Crippen LogP contribution in [-0.4, -0.2) is 19.3 Å². The lowest BCUT2D eigenvalue weighted by Gasteiger charge is -2.12. The first-order chi connectivity index (χ1) is 8.06. The molecule has 0 aromatic heterocycles. The van der Waals surface area contributed by atoms with Crippen LogP contribution in [0.4, 0.5) is 8.78 Å². The molecular formula is C12H13F2NO2. The zero-order valence-electron chi connectivity index (χ0n) is 9.43. The molecule has 1 aromatic carbocycles. The number of halogens is 2. The summed E-state index contributed by atoms with van der Waals surface area (Å²) < 4.78 is 37.1. The van der Waals surface area contributed by atoms with Crippen LogP contribution in [0.15, 0.2) is 24.6 Å². The second kappa shape index (κ2) is 4.61. The van der Waals surface area contributed by atoms with Crippen molar-refractivity contribution in [2.75, 3.05) is 13.2 Å². The summed E-state index contributed by atoms with van der Waals surface area (Å²) >= 11 is 0. The van der Waals surface area contributed by atoms with E-state index in [2.05, 4.69) is 11.9 Å². The zero-order valence-corrected chi connectivity index (χ0v) is 9.43. The highest BCUT2D eigenvalue weighted by molar-refractivity contribution is 5.31. The van der Waals surface area contributed by atoms with Crippen molar-refractivity contribution in [1.29, 1.82) is 0 Å². The third-order valence-corrected chi connectivity index (χ3v) is 2.45. The molecule has 1 aliphatic rings. The average Bonchev–Trinajstić information content (AvgIpc) is 2.67. The Kier molecular flexibility index (Phi) is 3.17. The predicted octanol–water partition coefficient (Wildman–Crippen LogP) is 2.11. The van der Waals surface area contributed by atoms with Crippen molar-refractivity contribution in [1.82, 2.24) is 5.32 Å². The van der Waals surface area contributed by atoms with Crippen molar-refractivity contribution in [2.45, 2.75) is 13.0 Å². The van der Waals surface area contributed by atoms with Gasteiger partial charge in [0, 0.05) is 6.07 Å². The highest BCUT2D eigenvalue weighted by Gasteiger charge is 2.20. The van der Waals surface area contributed by atoms with Crippen LogP contribution in [0.1, 0.15) is 5.56 Å². The molecule has 1 saturated heterocycles. The molecule has 5 heteroatoms. The van der Waals surface area contributed by atoms with Crippen molar-refractivity contribution < 1.29 is 18.3 Å². The van der Waals surface area contributed by atoms with E-state index in [0.717, 1.165) is 12.1 Å². The van der Waals surface area contributed by atoms with Gasteiger partial charge in [-0.3, -0.25) is 0 Å². The lowest BCUT2D eigenvalue weighted by molar-refractivity contribution is 0.107. The highest BCUT2D eigenvalue weighted by Crippen LogP contribution is 2.22. The first-order valence-corrected chi connectivity index (χ1v) is 5.24. The molecule has 92 valence electrons. The van der Waals surface area contributed by atoms with Gasteiger partial charge < -0.3 is 14.8 Å². The van der Waals surface area contributed by atoms with E-state index >= 15 is 0 Å². The topological polar surface area (TPSA) is 30.5 Å². The van der Waals surface area contributed by atoms with Crippen LogP contribution < -0.4 is 10.1 Å². The number of benzene rings is 1. The monoisotopic (exact) mass is 241 g/mol. The van der Waals surface area contributed by atoms with Crippen LogP contribution in [0.3, 0.4) is 0 Å². The summed E-state index contributed by atoms with van der Waals surface area (Å²) in [7, 11) is 0. The van der Waals surface area contributed by atoms with Crippen molar-refractivity contribution in [3.05, 3.63) is 41.8 Å². The maximum atomic E-state index is 13.6. The lowest BCUT2D eigenvalue weighted by atomic mass is 10.2. The molecule has 1 aromatic rings. The number of rotatable bonds is 3. The number of hydrogen-bond donors (Lipinski definition) is 1. The molecule has 1 aliphatic heterocycles. The van der Waals surface area contributed by atoms with Gasteiger partial charge in [0.1, 0.15) is 12.4 Å². The van der Waals surface area contributed by atoms with Crippen LogP contribution in [0.5, 0.6) is 5.75 Å². The van der Waals surface area contributed by atoms with E-state index in [9.17, 15) is 8.78 Å². The van der Waals surface area contributed by atoms with Gasteiger partial charge in [0.15, 0.2) is 23.6 Å². The summed E-state index contributed by atoms with van der Waals surface area (Å²) in [4.78, 5) is 0. The average molecular weight is 241 g/mol. The number of ether oxygens (including phenoxy) is 2. The van der Waals surface area contributed by atoms with Crippen molar-refractivity contribution in [3.63, 3.8) is 0 Å². The molecule has 17 heavy (non-hydrogen) atoms. The molecule has 0 bridgehead atoms. The molecule has 1 N–H and O–H groups in total. The maximum Gasteiger partial charge on any atom is 0.179 e. The van der Waals surface area contributed by atoms with Gasteiger partial charge in [-0.25, -0.2) is 8.78 Å². The molecule has 0 radical (unpaired) electrons. The summed E-state index contributed by atoms with van der Waals surface area (Å²) in [5.74, 6) is -0.692. The normalized spacial score (nSPS) is 18.8. The molecule has 3 nitrogen and oxygen atoms in total. The van der Waals surface area contributed by atoms with Gasteiger partial charge in [-0.2, -0.15) is 0 Å². The molecule has 0 aliphatic carbocycles. The summed E-state index contributed by atoms with van der Waals surface area (Å²) in [6, 6.07) is 2.15. The highest BCUT2D eigenvalue weighted by atomic mass is 19.1. The first kappa shape index (κ1) is 11.7. The first-order valence-electron chi connectivity index (χ1n) is 5.24. The van der Waals surface area contributed by atoms with E-state index in [0.29, 0.717) is 12.4 Å². The van der Waals surface area contributed by atoms with Crippen LogP contribution in [0.2, 0.25) is 0 Å². The zero-order chi connectivity index (χ0) is 12.4. The van der Waals surface area contributed by atoms with E-state index in [-0.39, 0.29) is 24.0 Å². The Hall–Kier alpha value is -1.78. The fraction of sp³-hybridized carbons (Fsp3) is 0.333.